The third kappa shape index (κ3) is 1.33. The van der Waals surface area contributed by atoms with Crippen LogP contribution < -0.4 is 0 Å². The molecule has 0 aliphatic heterocycles. The number of hydrogen-bond acceptors (Lipinski definition) is 4. The molecule has 1 aromatic carbocycles. The number of nitrogens with zero attached hydrogens (tertiary/aromatic N) is 1. The minimum Gasteiger partial charge on any atom is -0.507 e. The summed E-state index contributed by atoms with van der Waals surface area (Å²) in [5.74, 6) is 0.0926. The molecule has 1 aromatic heterocycles. The van der Waals surface area contributed by atoms with Crippen LogP contribution in [0.5, 0.6) is 5.75 Å². The molecular formula is C10H7NO2S. The van der Waals surface area contributed by atoms with Crippen LogP contribution in [0, 0.1) is 11.3 Å². The molecule has 0 unspecified atom stereocenters. The molecule has 0 aliphatic rings. The SMILES string of the molecule is N#Cc1cc(O)c2cc(CO)sc2c1. The summed E-state index contributed by atoms with van der Waals surface area (Å²) in [4.78, 5) is 0.783. The van der Waals surface area contributed by atoms with E-state index in [-0.39, 0.29) is 12.4 Å². The standard InChI is InChI=1S/C10H7NO2S/c11-4-6-1-9(13)8-3-7(5-12)14-10(8)2-6/h1-3,12-13H,5H2. The third-order valence-electron chi connectivity index (χ3n) is 1.95. The van der Waals surface area contributed by atoms with E-state index in [9.17, 15) is 5.11 Å². The molecular weight excluding hydrogens is 198 g/mol. The van der Waals surface area contributed by atoms with E-state index in [0.29, 0.717) is 10.9 Å². The Hall–Kier alpha value is -1.57. The monoisotopic (exact) mass is 205 g/mol. The highest BCUT2D eigenvalue weighted by Crippen LogP contribution is 2.33. The molecule has 0 atom stereocenters. The van der Waals surface area contributed by atoms with Crippen LogP contribution in [-0.4, -0.2) is 10.2 Å². The van der Waals surface area contributed by atoms with Gasteiger partial charge in [-0.25, -0.2) is 0 Å². The zero-order chi connectivity index (χ0) is 10.1. The Labute approximate surface area is 84.5 Å². The second-order valence-corrected chi connectivity index (χ2v) is 4.06. The first-order valence-corrected chi connectivity index (χ1v) is 4.82. The number of phenols is 1. The summed E-state index contributed by atoms with van der Waals surface area (Å²) in [6.45, 7) is -0.0410. The van der Waals surface area contributed by atoms with Crippen molar-refractivity contribution < 1.29 is 10.2 Å². The fraction of sp³-hybridized carbons (Fsp3) is 0.100. The van der Waals surface area contributed by atoms with Gasteiger partial charge in [-0.2, -0.15) is 5.26 Å². The van der Waals surface area contributed by atoms with Crippen LogP contribution in [0.4, 0.5) is 0 Å². The molecule has 3 nitrogen and oxygen atoms in total. The van der Waals surface area contributed by atoms with Crippen molar-refractivity contribution in [2.45, 2.75) is 6.61 Å². The summed E-state index contributed by atoms with van der Waals surface area (Å²) in [5, 5.41) is 27.9. The predicted molar refractivity (Wildman–Crippen MR) is 54.1 cm³/mol. The number of aliphatic hydroxyl groups excluding tert-OH is 1. The van der Waals surface area contributed by atoms with Gasteiger partial charge in [0, 0.05) is 15.0 Å². The number of benzene rings is 1. The van der Waals surface area contributed by atoms with Crippen LogP contribution in [0.25, 0.3) is 10.1 Å². The Morgan fingerprint density at radius 1 is 1.36 bits per heavy atom. The lowest BCUT2D eigenvalue weighted by Crippen LogP contribution is -1.73. The van der Waals surface area contributed by atoms with Gasteiger partial charge in [0.25, 0.3) is 0 Å². The highest BCUT2D eigenvalue weighted by molar-refractivity contribution is 7.19. The molecule has 0 saturated heterocycles. The van der Waals surface area contributed by atoms with E-state index in [1.807, 2.05) is 6.07 Å². The van der Waals surface area contributed by atoms with Gasteiger partial charge in [-0.3, -0.25) is 0 Å². The minimum atomic E-state index is -0.0410. The van der Waals surface area contributed by atoms with Crippen molar-refractivity contribution in [1.29, 1.82) is 5.26 Å². The number of rotatable bonds is 1. The molecule has 2 aromatic rings. The number of thiophene rings is 1. The van der Waals surface area contributed by atoms with Crippen LogP contribution in [0.3, 0.4) is 0 Å². The van der Waals surface area contributed by atoms with Crippen molar-refractivity contribution in [3.05, 3.63) is 28.6 Å². The molecule has 0 amide bonds. The zero-order valence-corrected chi connectivity index (χ0v) is 8.01. The van der Waals surface area contributed by atoms with Gasteiger partial charge in [0.1, 0.15) is 5.75 Å². The second-order valence-electron chi connectivity index (χ2n) is 2.89. The lowest BCUT2D eigenvalue weighted by atomic mass is 10.1. The summed E-state index contributed by atoms with van der Waals surface area (Å²) in [6.07, 6.45) is 0. The molecule has 0 aliphatic carbocycles. The Morgan fingerprint density at radius 3 is 2.79 bits per heavy atom. The quantitative estimate of drug-likeness (QED) is 0.748. The average molecular weight is 205 g/mol. The van der Waals surface area contributed by atoms with Crippen molar-refractivity contribution in [3.8, 4) is 11.8 Å². The van der Waals surface area contributed by atoms with Crippen molar-refractivity contribution in [3.63, 3.8) is 0 Å². The average Bonchev–Trinajstić information content (AvgIpc) is 2.61. The van der Waals surface area contributed by atoms with Gasteiger partial charge in [0.05, 0.1) is 18.2 Å². The number of hydrogen-bond donors (Lipinski definition) is 2. The van der Waals surface area contributed by atoms with Gasteiger partial charge in [0.15, 0.2) is 0 Å². The number of aliphatic hydroxyl groups is 1. The van der Waals surface area contributed by atoms with E-state index in [1.165, 1.54) is 17.4 Å². The minimum absolute atomic E-state index is 0.0410. The van der Waals surface area contributed by atoms with E-state index in [2.05, 4.69) is 0 Å². The van der Waals surface area contributed by atoms with Crippen molar-refractivity contribution in [2.24, 2.45) is 0 Å². The van der Waals surface area contributed by atoms with Gasteiger partial charge in [-0.1, -0.05) is 0 Å². The van der Waals surface area contributed by atoms with Gasteiger partial charge in [-0.05, 0) is 18.2 Å². The van der Waals surface area contributed by atoms with E-state index in [1.54, 1.807) is 12.1 Å². The van der Waals surface area contributed by atoms with Gasteiger partial charge >= 0.3 is 0 Å². The van der Waals surface area contributed by atoms with Crippen molar-refractivity contribution in [2.75, 3.05) is 0 Å². The fourth-order valence-corrected chi connectivity index (χ4v) is 2.30. The maximum Gasteiger partial charge on any atom is 0.125 e. The highest BCUT2D eigenvalue weighted by atomic mass is 32.1. The Balaban J connectivity index is 2.75. The molecule has 2 rings (SSSR count). The summed E-state index contributed by atoms with van der Waals surface area (Å²) in [6, 6.07) is 6.84. The lowest BCUT2D eigenvalue weighted by molar-refractivity contribution is 0.285. The van der Waals surface area contributed by atoms with Crippen LogP contribution in [0.15, 0.2) is 18.2 Å². The molecule has 0 bridgehead atoms. The fourth-order valence-electron chi connectivity index (χ4n) is 1.32. The lowest BCUT2D eigenvalue weighted by Gasteiger charge is -1.94. The van der Waals surface area contributed by atoms with Crippen LogP contribution >= 0.6 is 11.3 Å². The molecule has 0 fully saturated rings. The van der Waals surface area contributed by atoms with Crippen LogP contribution in [-0.2, 0) is 6.61 Å². The smallest absolute Gasteiger partial charge is 0.125 e. The Kier molecular flexibility index (Phi) is 2.12. The number of fused-ring (bicyclic) bond motifs is 1. The zero-order valence-electron chi connectivity index (χ0n) is 7.19. The van der Waals surface area contributed by atoms with Gasteiger partial charge < -0.3 is 10.2 Å². The molecule has 1 heterocycles. The van der Waals surface area contributed by atoms with Crippen molar-refractivity contribution in [1.82, 2.24) is 0 Å². The van der Waals surface area contributed by atoms with E-state index < -0.39 is 0 Å². The van der Waals surface area contributed by atoms with E-state index in [0.717, 1.165) is 9.58 Å². The van der Waals surface area contributed by atoms with Crippen LogP contribution in [0.2, 0.25) is 0 Å². The summed E-state index contributed by atoms with van der Waals surface area (Å²) in [7, 11) is 0. The number of aromatic hydroxyl groups is 1. The topological polar surface area (TPSA) is 64.2 Å². The third-order valence-corrected chi connectivity index (χ3v) is 3.02. The molecule has 4 heteroatoms. The summed E-state index contributed by atoms with van der Waals surface area (Å²) >= 11 is 1.38. The predicted octanol–water partition coefficient (Wildman–Crippen LogP) is 1.97. The first kappa shape index (κ1) is 9.00. The Bertz CT molecular complexity index is 525. The van der Waals surface area contributed by atoms with Crippen molar-refractivity contribution >= 4 is 21.4 Å². The molecule has 14 heavy (non-hydrogen) atoms. The maximum absolute atomic E-state index is 9.57. The molecule has 2 N–H and O–H groups in total. The normalized spacial score (nSPS) is 10.3. The molecule has 70 valence electrons. The maximum atomic E-state index is 9.57. The summed E-state index contributed by atoms with van der Waals surface area (Å²) < 4.78 is 0.825. The summed E-state index contributed by atoms with van der Waals surface area (Å²) in [5.41, 5.74) is 0.432. The largest absolute Gasteiger partial charge is 0.507 e. The molecule has 0 spiro atoms. The van der Waals surface area contributed by atoms with E-state index >= 15 is 0 Å². The second kappa shape index (κ2) is 3.29. The molecule has 0 radical (unpaired) electrons. The first-order valence-electron chi connectivity index (χ1n) is 4.01. The van der Waals surface area contributed by atoms with Crippen LogP contribution in [0.1, 0.15) is 10.4 Å². The van der Waals surface area contributed by atoms with E-state index in [4.69, 9.17) is 10.4 Å². The van der Waals surface area contributed by atoms with Gasteiger partial charge in [-0.15, -0.1) is 11.3 Å². The number of phenolic OH excluding ortho intramolecular Hbond substituents is 1. The molecule has 0 saturated carbocycles. The first-order chi connectivity index (χ1) is 6.74. The number of nitriles is 1. The van der Waals surface area contributed by atoms with Gasteiger partial charge in [0.2, 0.25) is 0 Å². The Morgan fingerprint density at radius 2 is 2.14 bits per heavy atom. The highest BCUT2D eigenvalue weighted by Gasteiger charge is 2.07.